The normalized spacial score (nSPS) is 12.2. The summed E-state index contributed by atoms with van der Waals surface area (Å²) >= 11 is 4.07. The average molecular weight is 703 g/mol. The van der Waals surface area contributed by atoms with E-state index in [2.05, 4.69) is 162 Å². The van der Waals surface area contributed by atoms with Crippen molar-refractivity contribution in [1.82, 2.24) is 0 Å². The molecule has 48 heavy (non-hydrogen) atoms. The number of carbonyl (C=O) groups excluding carboxylic acids is 2. The molecule has 0 atom stereocenters. The van der Waals surface area contributed by atoms with Gasteiger partial charge in [-0.2, -0.15) is 13.2 Å². The van der Waals surface area contributed by atoms with E-state index in [0.29, 0.717) is 5.27 Å². The first kappa shape index (κ1) is 34.7. The molecule has 0 unspecified atom stereocenters. The number of halogens is 4. The van der Waals surface area contributed by atoms with Crippen molar-refractivity contribution >= 4 is 69.5 Å². The predicted molar refractivity (Wildman–Crippen MR) is 196 cm³/mol. The molecule has 0 aliphatic rings. The van der Waals surface area contributed by atoms with E-state index in [0.717, 1.165) is 31.8 Å². The molecular weight excluding hydrogens is 671 g/mol. The van der Waals surface area contributed by atoms with Crippen LogP contribution in [0.25, 0.3) is 0 Å². The van der Waals surface area contributed by atoms with Gasteiger partial charge in [0.05, 0.1) is 0 Å². The summed E-state index contributed by atoms with van der Waals surface area (Å²) < 4.78 is 35.5. The van der Waals surface area contributed by atoms with Gasteiger partial charge in [0.25, 0.3) is 0 Å². The van der Waals surface area contributed by atoms with Crippen LogP contribution in [0.5, 0.6) is 0 Å². The summed E-state index contributed by atoms with van der Waals surface area (Å²) in [5.41, 5.74) is 0. The second-order valence-corrected chi connectivity index (χ2v) is 18.9. The van der Waals surface area contributed by atoms with Crippen molar-refractivity contribution in [3.05, 3.63) is 182 Å². The van der Waals surface area contributed by atoms with E-state index in [-0.39, 0.29) is 0 Å². The molecule has 0 amide bonds. The third-order valence-corrected chi connectivity index (χ3v) is 19.2. The Morgan fingerprint density at radius 2 is 0.604 bits per heavy atom. The fraction of sp³-hybridized carbons (Fsp3) is 0.0256. The zero-order chi connectivity index (χ0) is 34.0. The molecule has 0 bridgehead atoms. The number of rotatable bonds is 8. The summed E-state index contributed by atoms with van der Waals surface area (Å²) in [4.78, 5) is 25.8. The van der Waals surface area contributed by atoms with Gasteiger partial charge in [0.1, 0.15) is 11.9 Å². The van der Waals surface area contributed by atoms with Crippen molar-refractivity contribution in [3.63, 3.8) is 0 Å². The van der Waals surface area contributed by atoms with Gasteiger partial charge in [-0.15, -0.1) is 0 Å². The van der Waals surface area contributed by atoms with E-state index in [4.69, 9.17) is 0 Å². The second kappa shape index (κ2) is 15.5. The minimum absolute atomic E-state index is 0.354. The van der Waals surface area contributed by atoms with Crippen LogP contribution >= 0.6 is 26.4 Å². The Hall–Kier alpha value is -4.60. The Labute approximate surface area is 283 Å². The van der Waals surface area contributed by atoms with Crippen molar-refractivity contribution in [1.29, 1.82) is 0 Å². The van der Waals surface area contributed by atoms with E-state index < -0.39 is 26.7 Å². The molecule has 0 heterocycles. The van der Waals surface area contributed by atoms with Gasteiger partial charge in [-0.1, -0.05) is 0 Å². The van der Waals surface area contributed by atoms with E-state index in [1.807, 2.05) is 36.4 Å². The molecule has 0 N–H and O–H groups in total. The van der Waals surface area contributed by atoms with E-state index in [1.54, 1.807) is 0 Å². The van der Waals surface area contributed by atoms with Gasteiger partial charge in [0.2, 0.25) is 0 Å². The van der Waals surface area contributed by atoms with Gasteiger partial charge in [0.15, 0.2) is 0 Å². The molecule has 244 valence electrons. The van der Waals surface area contributed by atoms with Crippen LogP contribution in [0.15, 0.2) is 182 Å². The summed E-state index contributed by atoms with van der Waals surface area (Å²) in [6, 6.07) is 63.2. The van der Waals surface area contributed by atoms with Gasteiger partial charge in [-0.3, -0.25) is 0 Å². The number of carbonyl (C=O) groups is 2. The predicted octanol–water partition coefficient (Wildman–Crippen LogP) is 7.80. The molecule has 9 heteroatoms. The summed E-state index contributed by atoms with van der Waals surface area (Å²) in [5, 5.41) is 7.00. The number of alkyl halides is 3. The number of benzene rings is 6. The molecule has 0 aliphatic carbocycles. The zero-order valence-electron chi connectivity index (χ0n) is 25.6. The van der Waals surface area contributed by atoms with Crippen molar-refractivity contribution in [2.45, 2.75) is 6.18 Å². The third kappa shape index (κ3) is 6.84. The molecule has 0 saturated heterocycles. The maximum absolute atomic E-state index is 16.4. The Bertz CT molecular complexity index is 1590. The molecule has 0 fully saturated rings. The molecule has 6 aromatic carbocycles. The Balaban J connectivity index is 0.000000503. The SMILES string of the molecule is O=C(OCl)C(F)(F)F.O=C([PH](c1ccccc1)(c1ccccc1)c1ccccc1)[PH](c1ccccc1)(c1ccccc1)c1ccccc1. The molecule has 6 rings (SSSR count). The van der Waals surface area contributed by atoms with E-state index in [1.165, 1.54) is 0 Å². The van der Waals surface area contributed by atoms with Crippen LogP contribution in [0, 0.1) is 0 Å². The first-order valence-corrected chi connectivity index (χ1v) is 19.4. The van der Waals surface area contributed by atoms with Crippen LogP contribution < -0.4 is 31.8 Å². The standard InChI is InChI=1S/C37H32OP2.C2ClF3O2/c38-37(39(31-19-7-1-8-20-31,32-21-9-2-10-22-32)33-23-11-3-12-24-33)40(34-25-13-4-14-26-34,35-27-15-5-16-28-35)36-29-17-6-18-30-36;3-8-1(7)2(4,5)6/h1-30,39-40H;. The van der Waals surface area contributed by atoms with Crippen molar-refractivity contribution < 1.29 is 27.0 Å². The molecule has 0 spiro atoms. The van der Waals surface area contributed by atoms with Crippen LogP contribution in [0.4, 0.5) is 18.0 Å². The quantitative estimate of drug-likeness (QED) is 0.152. The Morgan fingerprint density at radius 1 is 0.417 bits per heavy atom. The first-order valence-electron chi connectivity index (χ1n) is 15.0. The average Bonchev–Trinajstić information content (AvgIpc) is 3.14. The van der Waals surface area contributed by atoms with Gasteiger partial charge in [0, 0.05) is 0 Å². The first-order chi connectivity index (χ1) is 23.3. The Kier molecular flexibility index (Phi) is 11.2. The number of hydrogen-bond acceptors (Lipinski definition) is 3. The maximum atomic E-state index is 16.4. The monoisotopic (exact) mass is 702 g/mol. The van der Waals surface area contributed by atoms with Crippen LogP contribution in [-0.4, -0.2) is 17.4 Å². The fourth-order valence-electron chi connectivity index (χ4n) is 6.24. The van der Waals surface area contributed by atoms with Crippen LogP contribution in [0.1, 0.15) is 0 Å². The number of hydrogen-bond donors (Lipinski definition) is 0. The van der Waals surface area contributed by atoms with Gasteiger partial charge in [-0.05, 0) is 0 Å². The van der Waals surface area contributed by atoms with Crippen molar-refractivity contribution in [2.24, 2.45) is 0 Å². The van der Waals surface area contributed by atoms with Crippen LogP contribution in [0.2, 0.25) is 0 Å². The third-order valence-electron chi connectivity index (χ3n) is 8.22. The second-order valence-electron chi connectivity index (χ2n) is 10.9. The summed E-state index contributed by atoms with van der Waals surface area (Å²) in [7, 11) is -6.58. The van der Waals surface area contributed by atoms with Crippen molar-refractivity contribution in [3.8, 4) is 0 Å². The molecule has 0 saturated carbocycles. The van der Waals surface area contributed by atoms with Gasteiger partial charge < -0.3 is 4.29 Å². The van der Waals surface area contributed by atoms with Gasteiger partial charge >= 0.3 is 251 Å². The summed E-state index contributed by atoms with van der Waals surface area (Å²) in [6.45, 7) is 0. The summed E-state index contributed by atoms with van der Waals surface area (Å²) in [5.74, 6) is -2.40. The molecular formula is C39H32ClF3O3P2. The van der Waals surface area contributed by atoms with Crippen molar-refractivity contribution in [2.75, 3.05) is 0 Å². The molecule has 0 radical (unpaired) electrons. The van der Waals surface area contributed by atoms with Crippen LogP contribution in [-0.2, 0) is 9.08 Å². The van der Waals surface area contributed by atoms with Crippen LogP contribution in [0.3, 0.4) is 0 Å². The Morgan fingerprint density at radius 3 is 0.729 bits per heavy atom. The fourth-order valence-corrected chi connectivity index (χ4v) is 18.9. The topological polar surface area (TPSA) is 43.4 Å². The van der Waals surface area contributed by atoms with E-state index >= 15 is 4.79 Å². The minimum atomic E-state index is -4.98. The van der Waals surface area contributed by atoms with E-state index in [9.17, 15) is 18.0 Å². The van der Waals surface area contributed by atoms with Gasteiger partial charge in [-0.25, -0.2) is 4.79 Å². The molecule has 0 aliphatic heterocycles. The zero-order valence-corrected chi connectivity index (χ0v) is 28.3. The molecule has 0 aromatic heterocycles. The molecule has 3 nitrogen and oxygen atoms in total. The summed E-state index contributed by atoms with van der Waals surface area (Å²) in [6.07, 6.45) is -4.98. The molecule has 6 aromatic rings.